The van der Waals surface area contributed by atoms with Gasteiger partial charge in [0.25, 0.3) is 11.6 Å². The molecule has 3 rings (SSSR count). The molecular formula is C15H17BrN2O3. The number of non-ortho nitro benzene ring substituents is 1. The van der Waals surface area contributed by atoms with E-state index in [0.29, 0.717) is 28.0 Å². The van der Waals surface area contributed by atoms with Crippen molar-refractivity contribution >= 4 is 27.5 Å². The second-order valence-corrected chi connectivity index (χ2v) is 7.22. The molecule has 2 saturated heterocycles. The number of carbonyl (C=O) groups excluding carboxylic acids is 1. The third-order valence-electron chi connectivity index (χ3n) is 4.56. The van der Waals surface area contributed by atoms with E-state index in [2.05, 4.69) is 15.9 Å². The Labute approximate surface area is 131 Å². The number of alkyl halides is 1. The highest BCUT2D eigenvalue weighted by Crippen LogP contribution is 2.39. The van der Waals surface area contributed by atoms with E-state index in [1.165, 1.54) is 12.1 Å². The van der Waals surface area contributed by atoms with Gasteiger partial charge in [0, 0.05) is 34.6 Å². The smallest absolute Gasteiger partial charge is 0.269 e. The lowest BCUT2D eigenvalue weighted by Gasteiger charge is -2.37. The van der Waals surface area contributed by atoms with Gasteiger partial charge < -0.3 is 4.90 Å². The van der Waals surface area contributed by atoms with Crippen molar-refractivity contribution in [3.8, 4) is 0 Å². The first-order chi connectivity index (χ1) is 9.97. The van der Waals surface area contributed by atoms with Crippen molar-refractivity contribution in [2.24, 2.45) is 0 Å². The monoisotopic (exact) mass is 352 g/mol. The largest absolute Gasteiger partial charge is 0.333 e. The molecule has 0 spiro atoms. The lowest BCUT2D eigenvalue weighted by atomic mass is 9.99. The van der Waals surface area contributed by atoms with Crippen LogP contribution >= 0.6 is 15.9 Å². The Kier molecular flexibility index (Phi) is 3.73. The molecule has 0 aromatic heterocycles. The summed E-state index contributed by atoms with van der Waals surface area (Å²) in [6.07, 6.45) is 4.11. The van der Waals surface area contributed by atoms with Gasteiger partial charge in [-0.15, -0.1) is 0 Å². The van der Waals surface area contributed by atoms with E-state index in [4.69, 9.17) is 0 Å². The van der Waals surface area contributed by atoms with Gasteiger partial charge in [-0.2, -0.15) is 0 Å². The quantitative estimate of drug-likeness (QED) is 0.465. The van der Waals surface area contributed by atoms with E-state index in [0.717, 1.165) is 25.7 Å². The molecule has 2 aliphatic rings. The fourth-order valence-electron chi connectivity index (χ4n) is 3.58. The number of rotatable bonds is 2. The van der Waals surface area contributed by atoms with E-state index in [1.807, 2.05) is 4.90 Å². The van der Waals surface area contributed by atoms with Gasteiger partial charge >= 0.3 is 0 Å². The van der Waals surface area contributed by atoms with Gasteiger partial charge in [-0.3, -0.25) is 14.9 Å². The number of fused-ring (bicyclic) bond motifs is 2. The molecule has 0 N–H and O–H groups in total. The number of aryl methyl sites for hydroxylation is 1. The number of carbonyl (C=O) groups is 1. The molecule has 2 unspecified atom stereocenters. The zero-order valence-electron chi connectivity index (χ0n) is 11.8. The molecule has 1 amide bonds. The van der Waals surface area contributed by atoms with Crippen LogP contribution in [0.15, 0.2) is 18.2 Å². The molecule has 2 aliphatic heterocycles. The van der Waals surface area contributed by atoms with Crippen molar-refractivity contribution in [2.75, 3.05) is 0 Å². The van der Waals surface area contributed by atoms with Gasteiger partial charge in [0.2, 0.25) is 0 Å². The van der Waals surface area contributed by atoms with Gasteiger partial charge in [0.15, 0.2) is 0 Å². The number of piperidine rings is 1. The SMILES string of the molecule is Cc1cc([N+](=O)[O-])ccc1C(=O)N1C2CCC1CC(Br)C2. The highest BCUT2D eigenvalue weighted by Gasteiger charge is 2.42. The Hall–Kier alpha value is -1.43. The zero-order valence-corrected chi connectivity index (χ0v) is 13.4. The van der Waals surface area contributed by atoms with Crippen molar-refractivity contribution < 1.29 is 9.72 Å². The van der Waals surface area contributed by atoms with Crippen molar-refractivity contribution in [3.05, 3.63) is 39.4 Å². The fourth-order valence-corrected chi connectivity index (χ4v) is 4.45. The summed E-state index contributed by atoms with van der Waals surface area (Å²) in [6.45, 7) is 1.76. The minimum Gasteiger partial charge on any atom is -0.333 e. The molecule has 21 heavy (non-hydrogen) atoms. The molecular weight excluding hydrogens is 336 g/mol. The van der Waals surface area contributed by atoms with Crippen molar-refractivity contribution in [2.45, 2.75) is 49.5 Å². The van der Waals surface area contributed by atoms with E-state index in [9.17, 15) is 14.9 Å². The van der Waals surface area contributed by atoms with Crippen molar-refractivity contribution in [1.82, 2.24) is 4.90 Å². The molecule has 1 aromatic carbocycles. The summed E-state index contributed by atoms with van der Waals surface area (Å²) in [6, 6.07) is 5.09. The van der Waals surface area contributed by atoms with Crippen LogP contribution in [0.4, 0.5) is 5.69 Å². The first kappa shape index (κ1) is 14.5. The third kappa shape index (κ3) is 2.57. The molecule has 1 aromatic rings. The Morgan fingerprint density at radius 1 is 1.33 bits per heavy atom. The standard InChI is InChI=1S/C15H17BrN2O3/c1-9-6-13(18(20)21)4-5-14(9)15(19)17-11-2-3-12(17)8-10(16)7-11/h4-6,10-12H,2-3,7-8H2,1H3. The second-order valence-electron chi connectivity index (χ2n) is 5.92. The summed E-state index contributed by atoms with van der Waals surface area (Å²) >= 11 is 3.67. The molecule has 2 heterocycles. The average Bonchev–Trinajstić information content (AvgIpc) is 2.70. The Balaban J connectivity index is 1.88. The minimum absolute atomic E-state index is 0.0225. The topological polar surface area (TPSA) is 63.5 Å². The normalized spacial score (nSPS) is 27.7. The van der Waals surface area contributed by atoms with Gasteiger partial charge in [-0.1, -0.05) is 15.9 Å². The number of halogens is 1. The minimum atomic E-state index is -0.429. The highest BCUT2D eigenvalue weighted by atomic mass is 79.9. The van der Waals surface area contributed by atoms with Crippen LogP contribution in [0, 0.1) is 17.0 Å². The number of benzene rings is 1. The van der Waals surface area contributed by atoms with Crippen LogP contribution in [-0.2, 0) is 0 Å². The fraction of sp³-hybridized carbons (Fsp3) is 0.533. The zero-order chi connectivity index (χ0) is 15.1. The summed E-state index contributed by atoms with van der Waals surface area (Å²) in [5.41, 5.74) is 1.30. The third-order valence-corrected chi connectivity index (χ3v) is 5.31. The van der Waals surface area contributed by atoms with Crippen LogP contribution in [0.3, 0.4) is 0 Å². The lowest BCUT2D eigenvalue weighted by molar-refractivity contribution is -0.384. The molecule has 6 heteroatoms. The molecule has 2 bridgehead atoms. The maximum Gasteiger partial charge on any atom is 0.269 e. The molecule has 2 fully saturated rings. The lowest BCUT2D eigenvalue weighted by Crippen LogP contribution is -2.47. The number of nitrogens with zero attached hydrogens (tertiary/aromatic N) is 2. The summed E-state index contributed by atoms with van der Waals surface area (Å²) < 4.78 is 0. The molecule has 112 valence electrons. The first-order valence-corrected chi connectivity index (χ1v) is 8.10. The number of amides is 1. The molecule has 0 radical (unpaired) electrons. The highest BCUT2D eigenvalue weighted by molar-refractivity contribution is 9.09. The number of hydrogen-bond donors (Lipinski definition) is 0. The van der Waals surface area contributed by atoms with Crippen LogP contribution in [0.2, 0.25) is 0 Å². The summed E-state index contributed by atoms with van der Waals surface area (Å²) in [5, 5.41) is 10.8. The van der Waals surface area contributed by atoms with Gasteiger partial charge in [-0.25, -0.2) is 0 Å². The molecule has 5 nitrogen and oxygen atoms in total. The van der Waals surface area contributed by atoms with Crippen LogP contribution < -0.4 is 0 Å². The van der Waals surface area contributed by atoms with Crippen LogP contribution in [-0.4, -0.2) is 32.6 Å². The second kappa shape index (κ2) is 5.40. The Morgan fingerprint density at radius 3 is 2.48 bits per heavy atom. The van der Waals surface area contributed by atoms with Gasteiger partial charge in [-0.05, 0) is 44.2 Å². The van der Waals surface area contributed by atoms with Crippen molar-refractivity contribution in [1.29, 1.82) is 0 Å². The first-order valence-electron chi connectivity index (χ1n) is 7.19. The summed E-state index contributed by atoms with van der Waals surface area (Å²) in [5.74, 6) is 0.0225. The number of nitro groups is 1. The van der Waals surface area contributed by atoms with Gasteiger partial charge in [0.1, 0.15) is 0 Å². The van der Waals surface area contributed by atoms with E-state index in [1.54, 1.807) is 13.0 Å². The predicted molar refractivity (Wildman–Crippen MR) is 82.8 cm³/mol. The molecule has 0 saturated carbocycles. The van der Waals surface area contributed by atoms with Crippen LogP contribution in [0.25, 0.3) is 0 Å². The number of nitro benzene ring substituents is 1. The van der Waals surface area contributed by atoms with E-state index < -0.39 is 4.92 Å². The van der Waals surface area contributed by atoms with Gasteiger partial charge in [0.05, 0.1) is 4.92 Å². The maximum absolute atomic E-state index is 12.8. The van der Waals surface area contributed by atoms with E-state index in [-0.39, 0.29) is 11.6 Å². The average molecular weight is 353 g/mol. The van der Waals surface area contributed by atoms with Crippen LogP contribution in [0.1, 0.15) is 41.6 Å². The van der Waals surface area contributed by atoms with Crippen molar-refractivity contribution in [3.63, 3.8) is 0 Å². The molecule has 2 atom stereocenters. The Morgan fingerprint density at radius 2 is 1.95 bits per heavy atom. The molecule has 0 aliphatic carbocycles. The predicted octanol–water partition coefficient (Wildman–Crippen LogP) is 3.43. The maximum atomic E-state index is 12.8. The summed E-state index contributed by atoms with van der Waals surface area (Å²) in [4.78, 5) is 25.7. The number of hydrogen-bond acceptors (Lipinski definition) is 3. The summed E-state index contributed by atoms with van der Waals surface area (Å²) in [7, 11) is 0. The van der Waals surface area contributed by atoms with Crippen LogP contribution in [0.5, 0.6) is 0 Å². The Bertz CT molecular complexity index is 591. The van der Waals surface area contributed by atoms with E-state index >= 15 is 0 Å².